The second-order valence-electron chi connectivity index (χ2n) is 6.33. The highest BCUT2D eigenvalue weighted by Crippen LogP contribution is 2.27. The molecule has 2 heterocycles. The molecule has 3 rings (SSSR count). The Bertz CT molecular complexity index is 895. The van der Waals surface area contributed by atoms with E-state index in [1.54, 1.807) is 37.6 Å². The van der Waals surface area contributed by atoms with E-state index in [9.17, 15) is 4.79 Å². The Labute approximate surface area is 163 Å². The minimum absolute atomic E-state index is 0.291. The molecule has 4 N–H and O–H groups in total. The van der Waals surface area contributed by atoms with Gasteiger partial charge in [0.1, 0.15) is 17.3 Å². The molecule has 1 aliphatic rings. The van der Waals surface area contributed by atoms with Crippen molar-refractivity contribution in [2.45, 2.75) is 6.92 Å². The van der Waals surface area contributed by atoms with Gasteiger partial charge in [-0.1, -0.05) is 0 Å². The Balaban J connectivity index is 1.73. The van der Waals surface area contributed by atoms with Crippen LogP contribution in [-0.4, -0.2) is 49.4 Å². The van der Waals surface area contributed by atoms with Gasteiger partial charge in [0.15, 0.2) is 0 Å². The first-order valence-electron chi connectivity index (χ1n) is 9.00. The first-order valence-corrected chi connectivity index (χ1v) is 9.00. The zero-order valence-corrected chi connectivity index (χ0v) is 15.8. The average Bonchev–Trinajstić information content (AvgIpc) is 3.25. The first-order chi connectivity index (χ1) is 13.6. The summed E-state index contributed by atoms with van der Waals surface area (Å²) in [6, 6.07) is 8.98. The number of piperazine rings is 1. The fraction of sp³-hybridized carbons (Fsp3) is 0.250. The van der Waals surface area contributed by atoms with Gasteiger partial charge in [-0.2, -0.15) is 0 Å². The summed E-state index contributed by atoms with van der Waals surface area (Å²) in [7, 11) is 0. The molecule has 1 aromatic carbocycles. The molecule has 0 radical (unpaired) electrons. The molecular formula is C20H24N6O2. The van der Waals surface area contributed by atoms with Gasteiger partial charge in [0.2, 0.25) is 0 Å². The lowest BCUT2D eigenvalue weighted by Crippen LogP contribution is -2.42. The van der Waals surface area contributed by atoms with Crippen LogP contribution >= 0.6 is 0 Å². The highest BCUT2D eigenvalue weighted by molar-refractivity contribution is 6.42. The topological polar surface area (TPSA) is 108 Å². The van der Waals surface area contributed by atoms with E-state index < -0.39 is 0 Å². The molecule has 1 saturated heterocycles. The summed E-state index contributed by atoms with van der Waals surface area (Å²) in [6.45, 7) is 8.63. The van der Waals surface area contributed by atoms with E-state index in [-0.39, 0.29) is 5.91 Å². The number of carbonyl (C=O) groups is 1. The molecule has 0 spiro atoms. The zero-order valence-electron chi connectivity index (χ0n) is 15.8. The largest absolute Gasteiger partial charge is 0.464 e. The van der Waals surface area contributed by atoms with Crippen molar-refractivity contribution in [3.63, 3.8) is 0 Å². The van der Waals surface area contributed by atoms with Crippen LogP contribution in [0, 0.1) is 0 Å². The van der Waals surface area contributed by atoms with Crippen molar-refractivity contribution in [2.24, 2.45) is 9.98 Å². The van der Waals surface area contributed by atoms with Crippen LogP contribution < -0.4 is 16.4 Å². The number of aliphatic imine (C=N–C) groups is 2. The molecule has 1 fully saturated rings. The van der Waals surface area contributed by atoms with Gasteiger partial charge in [-0.25, -0.2) is 4.99 Å². The van der Waals surface area contributed by atoms with E-state index in [1.807, 2.05) is 12.1 Å². The van der Waals surface area contributed by atoms with E-state index >= 15 is 0 Å². The first kappa shape index (κ1) is 19.4. The maximum atomic E-state index is 12.5. The number of nitrogen functional groups attached to an aromatic ring is 1. The summed E-state index contributed by atoms with van der Waals surface area (Å²) in [5.74, 6) is 0.998. The van der Waals surface area contributed by atoms with Crippen LogP contribution in [0.1, 0.15) is 6.92 Å². The van der Waals surface area contributed by atoms with Gasteiger partial charge in [-0.15, -0.1) is 0 Å². The standard InChI is InChI=1S/C20H24N6O2/c1-14(24-13-19(22-2)26-9-7-23-8-10-26)20(27)25-17-12-15(5-6-16(17)21)18-4-3-11-28-18/h3-6,11-13,23H,2,7-10,21H2,1H3,(H,25,27)/b19-13+,24-14+. The van der Waals surface area contributed by atoms with Crippen LogP contribution in [0.3, 0.4) is 0 Å². The number of benzene rings is 1. The molecule has 0 saturated carbocycles. The Kier molecular flexibility index (Phi) is 6.23. The number of hydrogen-bond donors (Lipinski definition) is 3. The second-order valence-corrected chi connectivity index (χ2v) is 6.33. The minimum atomic E-state index is -0.344. The van der Waals surface area contributed by atoms with E-state index in [0.717, 1.165) is 31.7 Å². The minimum Gasteiger partial charge on any atom is -0.464 e. The fourth-order valence-corrected chi connectivity index (χ4v) is 2.80. The molecule has 1 aromatic heterocycles. The van der Waals surface area contributed by atoms with Crippen molar-refractivity contribution < 1.29 is 9.21 Å². The Morgan fingerprint density at radius 1 is 1.36 bits per heavy atom. The van der Waals surface area contributed by atoms with Gasteiger partial charge >= 0.3 is 0 Å². The van der Waals surface area contributed by atoms with Gasteiger partial charge in [-0.05, 0) is 44.0 Å². The Morgan fingerprint density at radius 3 is 2.82 bits per heavy atom. The molecule has 1 aliphatic heterocycles. The number of amides is 1. The highest BCUT2D eigenvalue weighted by Gasteiger charge is 2.13. The van der Waals surface area contributed by atoms with Crippen LogP contribution in [0.25, 0.3) is 11.3 Å². The third-order valence-electron chi connectivity index (χ3n) is 4.41. The van der Waals surface area contributed by atoms with Crippen LogP contribution in [0.15, 0.2) is 63.0 Å². The summed E-state index contributed by atoms with van der Waals surface area (Å²) in [5, 5.41) is 6.07. The number of nitrogens with one attached hydrogen (secondary N) is 2. The third-order valence-corrected chi connectivity index (χ3v) is 4.41. The van der Waals surface area contributed by atoms with Crippen molar-refractivity contribution in [3.8, 4) is 11.3 Å². The lowest BCUT2D eigenvalue weighted by atomic mass is 10.1. The molecule has 0 aliphatic carbocycles. The molecule has 8 heteroatoms. The lowest BCUT2D eigenvalue weighted by Gasteiger charge is -2.28. The molecule has 28 heavy (non-hydrogen) atoms. The normalized spacial score (nSPS) is 15.4. The molecule has 146 valence electrons. The van der Waals surface area contributed by atoms with Gasteiger partial charge in [0.05, 0.1) is 23.8 Å². The zero-order chi connectivity index (χ0) is 19.9. The van der Waals surface area contributed by atoms with Crippen LogP contribution in [0.2, 0.25) is 0 Å². The summed E-state index contributed by atoms with van der Waals surface area (Å²) in [4.78, 5) is 22.9. The molecule has 0 atom stereocenters. The number of nitrogens with two attached hydrogens (primary N) is 1. The predicted molar refractivity (Wildman–Crippen MR) is 112 cm³/mol. The van der Waals surface area contributed by atoms with Crippen molar-refractivity contribution in [1.82, 2.24) is 10.2 Å². The van der Waals surface area contributed by atoms with Crippen molar-refractivity contribution >= 4 is 29.7 Å². The summed E-state index contributed by atoms with van der Waals surface area (Å²) in [6.07, 6.45) is 3.16. The lowest BCUT2D eigenvalue weighted by molar-refractivity contribution is -0.110. The summed E-state index contributed by atoms with van der Waals surface area (Å²) in [5.41, 5.74) is 8.07. The monoisotopic (exact) mass is 380 g/mol. The van der Waals surface area contributed by atoms with E-state index in [2.05, 4.69) is 32.2 Å². The average molecular weight is 380 g/mol. The quantitative estimate of drug-likeness (QED) is 0.526. The molecule has 1 amide bonds. The van der Waals surface area contributed by atoms with E-state index in [0.29, 0.717) is 28.7 Å². The molecular weight excluding hydrogens is 356 g/mol. The number of anilines is 2. The maximum absolute atomic E-state index is 12.5. The number of hydrogen-bond acceptors (Lipinski definition) is 7. The van der Waals surface area contributed by atoms with E-state index in [4.69, 9.17) is 10.2 Å². The van der Waals surface area contributed by atoms with Crippen molar-refractivity contribution in [3.05, 3.63) is 48.6 Å². The van der Waals surface area contributed by atoms with E-state index in [1.165, 1.54) is 0 Å². The number of nitrogens with zero attached hydrogens (tertiary/aromatic N) is 3. The van der Waals surface area contributed by atoms with Crippen LogP contribution in [0.4, 0.5) is 11.4 Å². The molecule has 8 nitrogen and oxygen atoms in total. The smallest absolute Gasteiger partial charge is 0.269 e. The third kappa shape index (κ3) is 4.66. The number of furan rings is 1. The fourth-order valence-electron chi connectivity index (χ4n) is 2.80. The van der Waals surface area contributed by atoms with Crippen molar-refractivity contribution in [1.29, 1.82) is 0 Å². The number of carbonyl (C=O) groups excluding carboxylic acids is 1. The summed E-state index contributed by atoms with van der Waals surface area (Å²) < 4.78 is 5.39. The Morgan fingerprint density at radius 2 is 2.14 bits per heavy atom. The summed E-state index contributed by atoms with van der Waals surface area (Å²) >= 11 is 0. The Hall–Kier alpha value is -3.39. The van der Waals surface area contributed by atoms with Gasteiger partial charge < -0.3 is 25.7 Å². The van der Waals surface area contributed by atoms with Gasteiger partial charge in [-0.3, -0.25) is 9.79 Å². The molecule has 0 bridgehead atoms. The van der Waals surface area contributed by atoms with Crippen LogP contribution in [-0.2, 0) is 4.79 Å². The van der Waals surface area contributed by atoms with Gasteiger partial charge in [0.25, 0.3) is 5.91 Å². The highest BCUT2D eigenvalue weighted by atomic mass is 16.3. The molecule has 0 unspecified atom stereocenters. The number of rotatable bonds is 6. The SMILES string of the molecule is C=N/C(=C\N=C(/C)C(=O)Nc1cc(-c2ccco2)ccc1N)N1CCNCC1. The predicted octanol–water partition coefficient (Wildman–Crippen LogP) is 2.33. The van der Waals surface area contributed by atoms with Crippen LogP contribution in [0.5, 0.6) is 0 Å². The maximum Gasteiger partial charge on any atom is 0.269 e. The van der Waals surface area contributed by atoms with Gasteiger partial charge in [0, 0.05) is 31.7 Å². The second kappa shape index (κ2) is 9.01. The molecule has 2 aromatic rings. The van der Waals surface area contributed by atoms with Crippen molar-refractivity contribution in [2.75, 3.05) is 37.2 Å².